The Balaban J connectivity index is 2.10. The molecule has 0 fully saturated rings. The van der Waals surface area contributed by atoms with Crippen molar-refractivity contribution >= 4 is 59.8 Å². The molecule has 0 saturated heterocycles. The van der Waals surface area contributed by atoms with Gasteiger partial charge in [-0.2, -0.15) is 0 Å². The van der Waals surface area contributed by atoms with Gasteiger partial charge in [0.25, 0.3) is 0 Å². The van der Waals surface area contributed by atoms with Crippen molar-refractivity contribution in [3.8, 4) is 5.75 Å². The van der Waals surface area contributed by atoms with Crippen LogP contribution in [-0.4, -0.2) is 22.9 Å². The Hall–Kier alpha value is -0.500. The third-order valence-corrected chi connectivity index (χ3v) is 6.20. The van der Waals surface area contributed by atoms with E-state index in [-0.39, 0.29) is 11.5 Å². The van der Waals surface area contributed by atoms with Gasteiger partial charge in [-0.15, -0.1) is 11.3 Å². The van der Waals surface area contributed by atoms with E-state index in [0.717, 1.165) is 7.57 Å². The Morgan fingerprint density at radius 2 is 1.95 bits per heavy atom. The van der Waals surface area contributed by atoms with Crippen molar-refractivity contribution in [1.29, 1.82) is 0 Å². The number of rotatable bonds is 5. The fourth-order valence-corrected chi connectivity index (χ4v) is 5.39. The third-order valence-electron chi connectivity index (χ3n) is 2.54. The number of ether oxygens (including phenoxy) is 1. The van der Waals surface area contributed by atoms with Crippen LogP contribution in [0.3, 0.4) is 0 Å². The predicted octanol–water partition coefficient (Wildman–Crippen LogP) is 4.27. The van der Waals surface area contributed by atoms with Gasteiger partial charge in [-0.1, -0.05) is 0 Å². The molecule has 0 aliphatic carbocycles. The number of hydrogen-bond acceptors (Lipinski definition) is 4. The molecule has 106 valence electrons. The van der Waals surface area contributed by atoms with Gasteiger partial charge in [0, 0.05) is 10.5 Å². The van der Waals surface area contributed by atoms with E-state index in [9.17, 15) is 9.00 Å². The van der Waals surface area contributed by atoms with Gasteiger partial charge in [-0.25, -0.2) is 0 Å². The summed E-state index contributed by atoms with van der Waals surface area (Å²) in [4.78, 5) is 12.7. The normalized spacial score (nSPS) is 12.2. The SMILES string of the molecule is COc1ccc(S(=O)CC(=O)c2cc(Br)sc2Br)cc1. The first kappa shape index (κ1) is 15.9. The van der Waals surface area contributed by atoms with Crippen LogP contribution in [0.25, 0.3) is 0 Å². The topological polar surface area (TPSA) is 43.4 Å². The molecule has 7 heteroatoms. The van der Waals surface area contributed by atoms with E-state index < -0.39 is 10.8 Å². The van der Waals surface area contributed by atoms with E-state index in [1.807, 2.05) is 0 Å². The van der Waals surface area contributed by atoms with Gasteiger partial charge in [-0.3, -0.25) is 9.00 Å². The molecule has 1 heterocycles. The summed E-state index contributed by atoms with van der Waals surface area (Å²) in [6.07, 6.45) is 0. The van der Waals surface area contributed by atoms with Crippen molar-refractivity contribution in [3.63, 3.8) is 0 Å². The summed E-state index contributed by atoms with van der Waals surface area (Å²) >= 11 is 8.08. The molecule has 0 radical (unpaired) electrons. The van der Waals surface area contributed by atoms with Gasteiger partial charge in [0.05, 0.1) is 31.2 Å². The highest BCUT2D eigenvalue weighted by Crippen LogP contribution is 2.32. The Labute approximate surface area is 140 Å². The van der Waals surface area contributed by atoms with E-state index in [1.165, 1.54) is 11.3 Å². The fraction of sp³-hybridized carbons (Fsp3) is 0.154. The lowest BCUT2D eigenvalue weighted by atomic mass is 10.2. The number of Topliss-reactive ketones (excluding diaryl/α,β-unsaturated/α-hetero) is 1. The first-order valence-corrected chi connectivity index (χ1v) is 9.24. The molecule has 0 N–H and O–H groups in total. The molecule has 0 bridgehead atoms. The third kappa shape index (κ3) is 3.78. The molecule has 2 aromatic rings. The summed E-state index contributed by atoms with van der Waals surface area (Å²) in [6.45, 7) is 0. The minimum absolute atomic E-state index is 0.0336. The number of carbonyl (C=O) groups is 1. The second kappa shape index (κ2) is 6.98. The quantitative estimate of drug-likeness (QED) is 0.656. The Morgan fingerprint density at radius 3 is 2.45 bits per heavy atom. The number of ketones is 1. The lowest BCUT2D eigenvalue weighted by Gasteiger charge is -2.03. The number of methoxy groups -OCH3 is 1. The highest BCUT2D eigenvalue weighted by atomic mass is 79.9. The van der Waals surface area contributed by atoms with E-state index in [2.05, 4.69) is 31.9 Å². The number of benzene rings is 1. The molecule has 1 unspecified atom stereocenters. The molecule has 0 aliphatic heterocycles. The van der Waals surface area contributed by atoms with Crippen molar-refractivity contribution in [3.05, 3.63) is 43.5 Å². The van der Waals surface area contributed by atoms with E-state index >= 15 is 0 Å². The Kier molecular flexibility index (Phi) is 5.54. The molecular weight excluding hydrogens is 428 g/mol. The Morgan fingerprint density at radius 1 is 1.30 bits per heavy atom. The summed E-state index contributed by atoms with van der Waals surface area (Å²) in [6, 6.07) is 8.62. The number of hydrogen-bond donors (Lipinski definition) is 0. The zero-order chi connectivity index (χ0) is 14.7. The van der Waals surface area contributed by atoms with Gasteiger partial charge in [0.1, 0.15) is 5.75 Å². The molecule has 3 nitrogen and oxygen atoms in total. The van der Waals surface area contributed by atoms with Crippen LogP contribution in [0.2, 0.25) is 0 Å². The van der Waals surface area contributed by atoms with Crippen LogP contribution in [0.5, 0.6) is 5.75 Å². The van der Waals surface area contributed by atoms with Crippen LogP contribution in [0.15, 0.2) is 42.8 Å². The Bertz CT molecular complexity index is 650. The van der Waals surface area contributed by atoms with E-state index in [1.54, 1.807) is 37.4 Å². The summed E-state index contributed by atoms with van der Waals surface area (Å²) < 4.78 is 18.8. The molecule has 1 aromatic heterocycles. The number of thiophene rings is 1. The maximum atomic E-state index is 12.2. The largest absolute Gasteiger partial charge is 0.497 e. The van der Waals surface area contributed by atoms with Crippen LogP contribution in [0.4, 0.5) is 0 Å². The van der Waals surface area contributed by atoms with Crippen LogP contribution in [0.1, 0.15) is 10.4 Å². The first-order valence-electron chi connectivity index (χ1n) is 5.51. The lowest BCUT2D eigenvalue weighted by Crippen LogP contribution is -2.10. The summed E-state index contributed by atoms with van der Waals surface area (Å²) in [5.74, 6) is 0.517. The van der Waals surface area contributed by atoms with Gasteiger partial charge in [0.15, 0.2) is 5.78 Å². The minimum Gasteiger partial charge on any atom is -0.497 e. The van der Waals surface area contributed by atoms with Crippen molar-refractivity contribution in [2.45, 2.75) is 4.90 Å². The van der Waals surface area contributed by atoms with E-state index in [4.69, 9.17) is 4.74 Å². The summed E-state index contributed by atoms with van der Waals surface area (Å²) in [5, 5.41) is 0. The molecule has 1 atom stereocenters. The van der Waals surface area contributed by atoms with Crippen LogP contribution in [-0.2, 0) is 10.8 Å². The highest BCUT2D eigenvalue weighted by molar-refractivity contribution is 9.12. The number of carbonyl (C=O) groups excluding carboxylic acids is 1. The summed E-state index contributed by atoms with van der Waals surface area (Å²) in [5.41, 5.74) is 0.559. The average Bonchev–Trinajstić information content (AvgIpc) is 2.78. The molecule has 0 spiro atoms. The van der Waals surface area contributed by atoms with Crippen LogP contribution < -0.4 is 4.74 Å². The molecule has 0 saturated carbocycles. The second-order valence-electron chi connectivity index (χ2n) is 3.83. The zero-order valence-corrected chi connectivity index (χ0v) is 15.2. The summed E-state index contributed by atoms with van der Waals surface area (Å²) in [7, 11) is 0.211. The molecule has 20 heavy (non-hydrogen) atoms. The van der Waals surface area contributed by atoms with Gasteiger partial charge >= 0.3 is 0 Å². The van der Waals surface area contributed by atoms with Crippen molar-refractivity contribution < 1.29 is 13.7 Å². The molecule has 2 rings (SSSR count). The van der Waals surface area contributed by atoms with Crippen LogP contribution >= 0.6 is 43.2 Å². The highest BCUT2D eigenvalue weighted by Gasteiger charge is 2.17. The monoisotopic (exact) mass is 436 g/mol. The lowest BCUT2D eigenvalue weighted by molar-refractivity contribution is 0.102. The molecule has 0 amide bonds. The van der Waals surface area contributed by atoms with Gasteiger partial charge < -0.3 is 4.74 Å². The van der Waals surface area contributed by atoms with Crippen molar-refractivity contribution in [1.82, 2.24) is 0 Å². The van der Waals surface area contributed by atoms with Gasteiger partial charge in [0.2, 0.25) is 0 Å². The fourth-order valence-electron chi connectivity index (χ4n) is 1.54. The van der Waals surface area contributed by atoms with Crippen molar-refractivity contribution in [2.75, 3.05) is 12.9 Å². The smallest absolute Gasteiger partial charge is 0.177 e. The maximum absolute atomic E-state index is 12.2. The molecule has 0 aliphatic rings. The minimum atomic E-state index is -1.36. The predicted molar refractivity (Wildman–Crippen MR) is 88.3 cm³/mol. The number of halogens is 2. The van der Waals surface area contributed by atoms with Crippen molar-refractivity contribution in [2.24, 2.45) is 0 Å². The zero-order valence-electron chi connectivity index (χ0n) is 10.4. The average molecular weight is 438 g/mol. The van der Waals surface area contributed by atoms with Crippen LogP contribution in [0, 0.1) is 0 Å². The molecule has 1 aromatic carbocycles. The molecular formula is C13H10Br2O3S2. The van der Waals surface area contributed by atoms with E-state index in [0.29, 0.717) is 16.2 Å². The van der Waals surface area contributed by atoms with Gasteiger partial charge in [-0.05, 0) is 62.2 Å². The maximum Gasteiger partial charge on any atom is 0.177 e. The standard InChI is InChI=1S/C13H10Br2O3S2/c1-18-8-2-4-9(5-3-8)20(17)7-11(16)10-6-12(14)19-13(10)15/h2-6H,7H2,1H3. The first-order chi connectivity index (χ1) is 9.51. The second-order valence-corrected chi connectivity index (χ2v) is 9.03.